The lowest BCUT2D eigenvalue weighted by Gasteiger charge is -2.30. The Kier molecular flexibility index (Phi) is 14.0. The van der Waals surface area contributed by atoms with Crippen molar-refractivity contribution in [1.82, 2.24) is 0 Å². The minimum atomic E-state index is -0.373. The van der Waals surface area contributed by atoms with Crippen LogP contribution in [-0.4, -0.2) is 64.3 Å². The average Bonchev–Trinajstić information content (AvgIpc) is 3.54. The summed E-state index contributed by atoms with van der Waals surface area (Å²) in [6, 6.07) is 0. The quantitative estimate of drug-likeness (QED) is 0.134. The summed E-state index contributed by atoms with van der Waals surface area (Å²) in [7, 11) is 1.37. The van der Waals surface area contributed by atoms with E-state index in [1.165, 1.54) is 18.3 Å². The molecule has 0 radical (unpaired) electrons. The van der Waals surface area contributed by atoms with Crippen molar-refractivity contribution in [2.24, 2.45) is 23.7 Å². The third-order valence-electron chi connectivity index (χ3n) is 9.33. The number of esters is 1. The molecular formula is C36H56O7. The molecule has 2 saturated heterocycles. The van der Waals surface area contributed by atoms with Crippen LogP contribution in [0.15, 0.2) is 47.6 Å². The third kappa shape index (κ3) is 11.0. The van der Waals surface area contributed by atoms with Gasteiger partial charge in [-0.15, -0.1) is 0 Å². The summed E-state index contributed by atoms with van der Waals surface area (Å²) in [5.41, 5.74) is 3.55. The van der Waals surface area contributed by atoms with Gasteiger partial charge in [0.15, 0.2) is 12.6 Å². The van der Waals surface area contributed by atoms with E-state index in [0.717, 1.165) is 89.4 Å². The van der Waals surface area contributed by atoms with E-state index in [0.29, 0.717) is 24.4 Å². The smallest absolute Gasteiger partial charge is 0.331 e. The normalized spacial score (nSPS) is 30.5. The molecule has 0 bridgehead atoms. The monoisotopic (exact) mass is 600 g/mol. The molecule has 4 rings (SSSR count). The summed E-state index contributed by atoms with van der Waals surface area (Å²) in [5.74, 6) is 1.25. The van der Waals surface area contributed by atoms with Gasteiger partial charge in [0.25, 0.3) is 0 Å². The molecule has 43 heavy (non-hydrogen) atoms. The number of allylic oxidation sites excluding steroid dienone is 3. The molecule has 2 aliphatic heterocycles. The van der Waals surface area contributed by atoms with Crippen LogP contribution in [-0.2, 0) is 33.2 Å². The van der Waals surface area contributed by atoms with E-state index in [-0.39, 0.29) is 43.3 Å². The van der Waals surface area contributed by atoms with Crippen molar-refractivity contribution in [2.45, 2.75) is 116 Å². The van der Waals surface area contributed by atoms with E-state index >= 15 is 0 Å². The van der Waals surface area contributed by atoms with Crippen molar-refractivity contribution in [3.05, 3.63) is 47.6 Å². The van der Waals surface area contributed by atoms with Crippen LogP contribution < -0.4 is 0 Å². The Morgan fingerprint density at radius 3 is 2.51 bits per heavy atom. The molecule has 2 aliphatic carbocycles. The Morgan fingerprint density at radius 1 is 1.09 bits per heavy atom. The Hall–Kier alpha value is -1.77. The second-order valence-electron chi connectivity index (χ2n) is 13.2. The fourth-order valence-corrected chi connectivity index (χ4v) is 6.92. The number of hydrogen-bond acceptors (Lipinski definition) is 7. The summed E-state index contributed by atoms with van der Waals surface area (Å²) in [4.78, 5) is 11.5. The summed E-state index contributed by atoms with van der Waals surface area (Å²) in [6.07, 6.45) is 20.9. The van der Waals surface area contributed by atoms with E-state index in [9.17, 15) is 4.79 Å². The first-order valence-corrected chi connectivity index (χ1v) is 16.7. The van der Waals surface area contributed by atoms with Crippen LogP contribution in [0.3, 0.4) is 0 Å². The first kappa shape index (κ1) is 34.1. The van der Waals surface area contributed by atoms with Crippen LogP contribution in [0, 0.1) is 23.7 Å². The van der Waals surface area contributed by atoms with Crippen LogP contribution in [0.25, 0.3) is 0 Å². The topological polar surface area (TPSA) is 72.5 Å². The number of fused-ring (bicyclic) bond motifs is 1. The van der Waals surface area contributed by atoms with Gasteiger partial charge < -0.3 is 28.4 Å². The summed E-state index contributed by atoms with van der Waals surface area (Å²) in [6.45, 7) is 12.8. The molecule has 3 fully saturated rings. The van der Waals surface area contributed by atoms with Gasteiger partial charge in [0, 0.05) is 19.1 Å². The fourth-order valence-electron chi connectivity index (χ4n) is 6.92. The minimum absolute atomic E-state index is 0.00183. The summed E-state index contributed by atoms with van der Waals surface area (Å²) >= 11 is 0. The summed E-state index contributed by atoms with van der Waals surface area (Å²) in [5, 5.41) is 0. The Bertz CT molecular complexity index is 968. The van der Waals surface area contributed by atoms with Crippen molar-refractivity contribution in [3.63, 3.8) is 0 Å². The molecule has 2 heterocycles. The van der Waals surface area contributed by atoms with Gasteiger partial charge in [-0.25, -0.2) is 4.79 Å². The maximum atomic E-state index is 11.5. The molecular weight excluding hydrogens is 544 g/mol. The van der Waals surface area contributed by atoms with Crippen molar-refractivity contribution < 1.29 is 33.2 Å². The lowest BCUT2D eigenvalue weighted by molar-refractivity contribution is -0.192. The molecule has 1 saturated carbocycles. The van der Waals surface area contributed by atoms with Crippen molar-refractivity contribution in [2.75, 3.05) is 33.5 Å². The van der Waals surface area contributed by atoms with Crippen molar-refractivity contribution in [3.8, 4) is 0 Å². The van der Waals surface area contributed by atoms with E-state index in [1.807, 2.05) is 0 Å². The molecule has 0 aromatic carbocycles. The lowest BCUT2D eigenvalue weighted by Crippen LogP contribution is -2.31. The van der Waals surface area contributed by atoms with Gasteiger partial charge in [0.05, 0.1) is 25.9 Å². The number of methoxy groups -OCH3 is 1. The van der Waals surface area contributed by atoms with E-state index in [1.54, 1.807) is 0 Å². The molecule has 242 valence electrons. The van der Waals surface area contributed by atoms with Crippen LogP contribution in [0.2, 0.25) is 0 Å². The zero-order chi connectivity index (χ0) is 30.6. The fraction of sp³-hybridized carbons (Fsp3) is 0.750. The molecule has 7 nitrogen and oxygen atoms in total. The molecule has 4 aliphatic rings. The molecule has 0 aromatic rings. The van der Waals surface area contributed by atoms with Crippen LogP contribution in [0.4, 0.5) is 0 Å². The van der Waals surface area contributed by atoms with Gasteiger partial charge in [-0.2, -0.15) is 0 Å². The third-order valence-corrected chi connectivity index (χ3v) is 9.33. The molecule has 0 N–H and O–H groups in total. The first-order chi connectivity index (χ1) is 20.8. The first-order valence-electron chi connectivity index (χ1n) is 16.7. The van der Waals surface area contributed by atoms with Gasteiger partial charge in [-0.3, -0.25) is 0 Å². The van der Waals surface area contributed by atoms with Crippen LogP contribution >= 0.6 is 0 Å². The highest BCUT2D eigenvalue weighted by Gasteiger charge is 2.46. The Balaban J connectivity index is 1.47. The SMILES string of the molecule is C=C(COCC(=O)OC)C1=C[C@H]2[C@@H](C1)C[C@@H](OC1CCCCO1)[C@@H]2/C=C/[C@H](CC(C)CCC=C(C)C)OC1CCCCO1. The van der Waals surface area contributed by atoms with Crippen molar-refractivity contribution in [1.29, 1.82) is 0 Å². The van der Waals surface area contributed by atoms with E-state index in [4.69, 9.17) is 28.4 Å². The number of ether oxygens (including phenoxy) is 6. The molecule has 0 spiro atoms. The average molecular weight is 601 g/mol. The molecule has 0 aromatic heterocycles. The highest BCUT2D eigenvalue weighted by Crippen LogP contribution is 2.50. The Morgan fingerprint density at radius 2 is 1.84 bits per heavy atom. The van der Waals surface area contributed by atoms with Crippen molar-refractivity contribution >= 4 is 5.97 Å². The van der Waals surface area contributed by atoms with E-state index in [2.05, 4.69) is 51.7 Å². The second-order valence-corrected chi connectivity index (χ2v) is 13.2. The van der Waals surface area contributed by atoms with Gasteiger partial charge in [-0.05, 0) is 113 Å². The Labute approximate surface area is 260 Å². The largest absolute Gasteiger partial charge is 0.467 e. The maximum absolute atomic E-state index is 11.5. The maximum Gasteiger partial charge on any atom is 0.331 e. The number of carbonyl (C=O) groups excluding carboxylic acids is 1. The predicted molar refractivity (Wildman–Crippen MR) is 168 cm³/mol. The second kappa shape index (κ2) is 17.6. The van der Waals surface area contributed by atoms with Crippen LogP contribution in [0.5, 0.6) is 0 Å². The highest BCUT2D eigenvalue weighted by atomic mass is 16.7. The molecule has 0 amide bonds. The summed E-state index contributed by atoms with van der Waals surface area (Å²) < 4.78 is 35.5. The van der Waals surface area contributed by atoms with Crippen LogP contribution in [0.1, 0.15) is 91.4 Å². The highest BCUT2D eigenvalue weighted by molar-refractivity contribution is 5.70. The van der Waals surface area contributed by atoms with Gasteiger partial charge in [0.2, 0.25) is 0 Å². The standard InChI is InChI=1S/C36H56O7/c1-25(2)11-10-12-26(3)19-30(42-35-13-6-8-17-40-35)15-16-31-32-21-28(27(4)23-39-24-34(37)38-5)20-29(32)22-33(31)43-36-14-7-9-18-41-36/h11,15-16,21,26,29-33,35-36H,4,6-10,12-14,17-20,22-24H2,1-3,5H3/b16-15+/t26?,29-,30+,31+,32-,33+,35?,36?/m0/s1. The van der Waals surface area contributed by atoms with Gasteiger partial charge in [0.1, 0.15) is 6.61 Å². The zero-order valence-corrected chi connectivity index (χ0v) is 27.1. The van der Waals surface area contributed by atoms with Gasteiger partial charge in [-0.1, -0.05) is 43.4 Å². The number of hydrogen-bond donors (Lipinski definition) is 0. The number of carbonyl (C=O) groups is 1. The minimum Gasteiger partial charge on any atom is -0.467 e. The predicted octanol–water partition coefficient (Wildman–Crippen LogP) is 7.47. The van der Waals surface area contributed by atoms with E-state index < -0.39 is 0 Å². The number of rotatable bonds is 16. The zero-order valence-electron chi connectivity index (χ0n) is 27.1. The lowest BCUT2D eigenvalue weighted by atomic mass is 9.90. The molecule has 7 heteroatoms. The molecule has 3 unspecified atom stereocenters. The molecule has 8 atom stereocenters. The van der Waals surface area contributed by atoms with Gasteiger partial charge >= 0.3 is 5.97 Å².